The highest BCUT2D eigenvalue weighted by molar-refractivity contribution is 8.13. The second kappa shape index (κ2) is 15.1. The van der Waals surface area contributed by atoms with Crippen LogP contribution in [0.15, 0.2) is 0 Å². The molecule has 0 aliphatic rings. The second-order valence-corrected chi connectivity index (χ2v) is 11.4. The Balaban J connectivity index is 4.63. The molecule has 8 heteroatoms. The first-order chi connectivity index (χ1) is 13.4. The van der Waals surface area contributed by atoms with Crippen LogP contribution in [-0.2, 0) is 14.1 Å². The predicted octanol–water partition coefficient (Wildman–Crippen LogP) is 4.73. The SMILES string of the molecule is CC(N)C(C)C(=O)SCCOCCOP(N(C(C)C)C(C)C)N(C(C)C)C(C)C. The highest BCUT2D eigenvalue weighted by Crippen LogP contribution is 2.50. The van der Waals surface area contributed by atoms with Crippen LogP contribution < -0.4 is 5.73 Å². The molecule has 2 N–H and O–H groups in total. The van der Waals surface area contributed by atoms with E-state index in [4.69, 9.17) is 15.0 Å². The standard InChI is InChI=1S/C21H46N3O3PS/c1-15(2)23(16(3)4)28(24(17(5)6)18(7)8)27-12-11-26-13-14-29-21(25)19(9)20(10)22/h15-20H,11-14,22H2,1-10H3. The molecule has 2 atom stereocenters. The van der Waals surface area contributed by atoms with E-state index in [0.717, 1.165) is 0 Å². The van der Waals surface area contributed by atoms with Gasteiger partial charge in [-0.15, -0.1) is 0 Å². The van der Waals surface area contributed by atoms with Crippen LogP contribution in [0, 0.1) is 5.92 Å². The molecule has 0 bridgehead atoms. The molecule has 0 amide bonds. The fourth-order valence-electron chi connectivity index (χ4n) is 3.06. The lowest BCUT2D eigenvalue weighted by Gasteiger charge is -2.45. The molecule has 29 heavy (non-hydrogen) atoms. The van der Waals surface area contributed by atoms with E-state index in [-0.39, 0.29) is 17.1 Å². The van der Waals surface area contributed by atoms with Crippen molar-refractivity contribution in [2.24, 2.45) is 11.7 Å². The van der Waals surface area contributed by atoms with Crippen LogP contribution in [0.2, 0.25) is 0 Å². The minimum absolute atomic E-state index is 0.113. The van der Waals surface area contributed by atoms with Gasteiger partial charge in [-0.05, 0) is 62.3 Å². The van der Waals surface area contributed by atoms with Crippen molar-refractivity contribution in [3.8, 4) is 0 Å². The van der Waals surface area contributed by atoms with E-state index in [0.29, 0.717) is 49.7 Å². The van der Waals surface area contributed by atoms with Crippen molar-refractivity contribution >= 4 is 25.3 Å². The third-order valence-electron chi connectivity index (χ3n) is 4.58. The van der Waals surface area contributed by atoms with Crippen molar-refractivity contribution in [1.82, 2.24) is 9.34 Å². The largest absolute Gasteiger partial charge is 0.378 e. The van der Waals surface area contributed by atoms with Crippen LogP contribution in [0.25, 0.3) is 0 Å². The molecule has 0 heterocycles. The average Bonchev–Trinajstić information content (AvgIpc) is 2.58. The number of rotatable bonds is 15. The number of thioether (sulfide) groups is 1. The summed E-state index contributed by atoms with van der Waals surface area (Å²) in [6.07, 6.45) is 0. The fraction of sp³-hybridized carbons (Fsp3) is 0.952. The molecule has 0 fully saturated rings. The molecule has 0 rings (SSSR count). The van der Waals surface area contributed by atoms with Gasteiger partial charge in [0, 0.05) is 41.9 Å². The van der Waals surface area contributed by atoms with Gasteiger partial charge in [-0.3, -0.25) is 4.79 Å². The zero-order chi connectivity index (χ0) is 22.7. The Kier molecular flexibility index (Phi) is 15.2. The van der Waals surface area contributed by atoms with E-state index in [1.165, 1.54) is 11.8 Å². The van der Waals surface area contributed by atoms with Gasteiger partial charge >= 0.3 is 0 Å². The van der Waals surface area contributed by atoms with Gasteiger partial charge in [0.25, 0.3) is 0 Å². The summed E-state index contributed by atoms with van der Waals surface area (Å²) in [5.74, 6) is 0.529. The Morgan fingerprint density at radius 1 is 0.828 bits per heavy atom. The number of hydrogen-bond acceptors (Lipinski definition) is 7. The van der Waals surface area contributed by atoms with Crippen LogP contribution in [0.5, 0.6) is 0 Å². The van der Waals surface area contributed by atoms with Crippen LogP contribution >= 0.6 is 20.2 Å². The summed E-state index contributed by atoms with van der Waals surface area (Å²) >= 11 is 1.31. The van der Waals surface area contributed by atoms with Crippen LogP contribution in [0.4, 0.5) is 0 Å². The summed E-state index contributed by atoms with van der Waals surface area (Å²) in [4.78, 5) is 12.0. The first kappa shape index (κ1) is 29.2. The number of ether oxygens (including phenoxy) is 1. The van der Waals surface area contributed by atoms with E-state index < -0.39 is 8.45 Å². The third-order valence-corrected chi connectivity index (χ3v) is 8.66. The van der Waals surface area contributed by atoms with E-state index >= 15 is 0 Å². The third kappa shape index (κ3) is 10.9. The zero-order valence-corrected chi connectivity index (χ0v) is 22.1. The lowest BCUT2D eigenvalue weighted by molar-refractivity contribution is -0.114. The van der Waals surface area contributed by atoms with Crippen molar-refractivity contribution in [3.05, 3.63) is 0 Å². The Hall–Kier alpha value is 0.250. The van der Waals surface area contributed by atoms with Crippen molar-refractivity contribution in [2.75, 3.05) is 25.6 Å². The van der Waals surface area contributed by atoms with Crippen molar-refractivity contribution in [1.29, 1.82) is 0 Å². The number of nitrogens with two attached hydrogens (primary N) is 1. The van der Waals surface area contributed by atoms with Crippen molar-refractivity contribution in [2.45, 2.75) is 99.4 Å². The maximum atomic E-state index is 12.0. The second-order valence-electron chi connectivity index (χ2n) is 8.65. The molecule has 0 saturated heterocycles. The topological polar surface area (TPSA) is 68.0 Å². The predicted molar refractivity (Wildman–Crippen MR) is 128 cm³/mol. The molecule has 6 nitrogen and oxygen atoms in total. The summed E-state index contributed by atoms with van der Waals surface area (Å²) in [6, 6.07) is 1.48. The quantitative estimate of drug-likeness (QED) is 0.285. The molecule has 0 aliphatic heterocycles. The lowest BCUT2D eigenvalue weighted by atomic mass is 10.1. The molecule has 0 aliphatic carbocycles. The normalized spacial score (nSPS) is 15.0. The molecule has 2 unspecified atom stereocenters. The molecule has 0 aromatic rings. The summed E-state index contributed by atoms with van der Waals surface area (Å²) in [6.45, 7) is 23.2. The first-order valence-electron chi connectivity index (χ1n) is 10.9. The van der Waals surface area contributed by atoms with Crippen LogP contribution in [0.1, 0.15) is 69.2 Å². The van der Waals surface area contributed by atoms with Gasteiger partial charge in [0.05, 0.1) is 19.8 Å². The summed E-state index contributed by atoms with van der Waals surface area (Å²) < 4.78 is 17.1. The van der Waals surface area contributed by atoms with E-state index in [1.807, 2.05) is 13.8 Å². The van der Waals surface area contributed by atoms with E-state index in [1.54, 1.807) is 0 Å². The van der Waals surface area contributed by atoms with Gasteiger partial charge in [0.1, 0.15) is 0 Å². The smallest absolute Gasteiger partial charge is 0.193 e. The monoisotopic (exact) mass is 451 g/mol. The van der Waals surface area contributed by atoms with Crippen molar-refractivity contribution in [3.63, 3.8) is 0 Å². The van der Waals surface area contributed by atoms with E-state index in [2.05, 4.69) is 64.7 Å². The zero-order valence-electron chi connectivity index (χ0n) is 20.3. The summed E-state index contributed by atoms with van der Waals surface area (Å²) in [5.41, 5.74) is 5.78. The maximum absolute atomic E-state index is 12.0. The number of nitrogens with zero attached hydrogens (tertiary/aromatic N) is 2. The van der Waals surface area contributed by atoms with Crippen LogP contribution in [-0.4, -0.2) is 70.2 Å². The molecule has 174 valence electrons. The van der Waals surface area contributed by atoms with Gasteiger partial charge in [0.15, 0.2) is 13.6 Å². The molecular weight excluding hydrogens is 405 g/mol. The Morgan fingerprint density at radius 3 is 1.66 bits per heavy atom. The van der Waals surface area contributed by atoms with Gasteiger partial charge in [-0.2, -0.15) is 0 Å². The van der Waals surface area contributed by atoms with Gasteiger partial charge in [-0.1, -0.05) is 18.7 Å². The summed E-state index contributed by atoms with van der Waals surface area (Å²) in [7, 11) is -0.883. The number of carbonyl (C=O) groups is 1. The fourth-order valence-corrected chi connectivity index (χ4v) is 6.27. The van der Waals surface area contributed by atoms with Gasteiger partial charge in [0.2, 0.25) is 0 Å². The Bertz CT molecular complexity index is 415. The Labute approximate surface area is 185 Å². The van der Waals surface area contributed by atoms with Crippen molar-refractivity contribution < 1.29 is 14.1 Å². The molecule has 0 aromatic heterocycles. The highest BCUT2D eigenvalue weighted by Gasteiger charge is 2.34. The van der Waals surface area contributed by atoms with Crippen LogP contribution in [0.3, 0.4) is 0 Å². The maximum Gasteiger partial charge on any atom is 0.193 e. The number of carbonyl (C=O) groups excluding carboxylic acids is 1. The molecule has 0 radical (unpaired) electrons. The molecule has 0 aromatic carbocycles. The molecule has 0 saturated carbocycles. The Morgan fingerprint density at radius 2 is 1.28 bits per heavy atom. The molecular formula is C21H46N3O3PS. The highest BCUT2D eigenvalue weighted by atomic mass is 32.2. The lowest BCUT2D eigenvalue weighted by Crippen LogP contribution is -2.43. The minimum atomic E-state index is -0.883. The van der Waals surface area contributed by atoms with Gasteiger partial charge in [-0.25, -0.2) is 9.34 Å². The average molecular weight is 452 g/mol. The van der Waals surface area contributed by atoms with Gasteiger partial charge < -0.3 is 15.0 Å². The minimum Gasteiger partial charge on any atom is -0.378 e. The first-order valence-corrected chi connectivity index (χ1v) is 13.1. The summed E-state index contributed by atoms with van der Waals surface area (Å²) in [5, 5.41) is 0.136. The molecule has 0 spiro atoms. The number of hydrogen-bond donors (Lipinski definition) is 1. The van der Waals surface area contributed by atoms with E-state index in [9.17, 15) is 4.79 Å².